The Morgan fingerprint density at radius 3 is 2.46 bits per heavy atom. The average molecular weight is 515 g/mol. The molecule has 1 heterocycles. The second-order valence-electron chi connectivity index (χ2n) is 7.93. The fraction of sp³-hybridized carbons (Fsp3) is 0.200. The number of nitrogens with zero attached hydrogens (tertiary/aromatic N) is 1. The van der Waals surface area contributed by atoms with E-state index in [1.807, 2.05) is 6.07 Å². The van der Waals surface area contributed by atoms with Gasteiger partial charge in [-0.25, -0.2) is 12.7 Å². The van der Waals surface area contributed by atoms with Crippen LogP contribution in [0.15, 0.2) is 71.6 Å². The topological polar surface area (TPSA) is 102 Å². The van der Waals surface area contributed by atoms with E-state index in [4.69, 9.17) is 21.1 Å². The number of sulfonamides is 1. The molecule has 0 aromatic heterocycles. The predicted molar refractivity (Wildman–Crippen MR) is 131 cm³/mol. The number of para-hydroxylation sites is 1. The van der Waals surface area contributed by atoms with Gasteiger partial charge in [0.2, 0.25) is 11.8 Å². The van der Waals surface area contributed by atoms with Crippen LogP contribution in [0.1, 0.15) is 18.4 Å². The number of aryl methyl sites for hydroxylation is 1. The zero-order chi connectivity index (χ0) is 25.2. The largest absolute Gasteiger partial charge is 0.496 e. The van der Waals surface area contributed by atoms with E-state index in [2.05, 4.69) is 5.32 Å². The summed E-state index contributed by atoms with van der Waals surface area (Å²) in [7, 11) is -2.80. The third-order valence-corrected chi connectivity index (χ3v) is 7.62. The number of anilines is 1. The maximum absolute atomic E-state index is 13.4. The summed E-state index contributed by atoms with van der Waals surface area (Å²) in [5.74, 6) is 0.0621. The van der Waals surface area contributed by atoms with Crippen molar-refractivity contribution in [1.82, 2.24) is 4.31 Å². The van der Waals surface area contributed by atoms with Crippen LogP contribution in [0.2, 0.25) is 5.02 Å². The Balaban J connectivity index is 1.62. The van der Waals surface area contributed by atoms with Crippen LogP contribution in [0, 0.1) is 6.92 Å². The number of halogens is 1. The van der Waals surface area contributed by atoms with Crippen LogP contribution >= 0.6 is 11.6 Å². The van der Waals surface area contributed by atoms with Crippen molar-refractivity contribution < 1.29 is 27.5 Å². The van der Waals surface area contributed by atoms with Gasteiger partial charge in [0, 0.05) is 11.4 Å². The zero-order valence-corrected chi connectivity index (χ0v) is 20.6. The van der Waals surface area contributed by atoms with Gasteiger partial charge in [0.15, 0.2) is 5.75 Å². The fourth-order valence-corrected chi connectivity index (χ4v) is 5.71. The number of carbonyl (C=O) groups excluding carboxylic acids is 2. The molecule has 0 radical (unpaired) electrons. The van der Waals surface area contributed by atoms with Crippen molar-refractivity contribution in [3.63, 3.8) is 0 Å². The number of amides is 2. The third-order valence-electron chi connectivity index (χ3n) is 5.56. The minimum absolute atomic E-state index is 0.0501. The lowest BCUT2D eigenvalue weighted by Gasteiger charge is -2.24. The highest BCUT2D eigenvalue weighted by molar-refractivity contribution is 7.89. The van der Waals surface area contributed by atoms with Crippen molar-refractivity contribution in [2.24, 2.45) is 0 Å². The van der Waals surface area contributed by atoms with Gasteiger partial charge in [-0.1, -0.05) is 29.8 Å². The molecular formula is C25H23ClN2O6S. The lowest BCUT2D eigenvalue weighted by atomic mass is 10.2. The van der Waals surface area contributed by atoms with Crippen molar-refractivity contribution in [1.29, 1.82) is 0 Å². The molecule has 2 amide bonds. The fourth-order valence-electron chi connectivity index (χ4n) is 3.85. The maximum Gasteiger partial charge on any atom is 0.267 e. The summed E-state index contributed by atoms with van der Waals surface area (Å²) in [6.07, 6.45) is -0.0240. The van der Waals surface area contributed by atoms with Crippen LogP contribution in [-0.2, 0) is 19.6 Å². The second kappa shape index (κ2) is 9.97. The van der Waals surface area contributed by atoms with Crippen molar-refractivity contribution in [3.05, 3.63) is 77.3 Å². The van der Waals surface area contributed by atoms with E-state index in [0.29, 0.717) is 32.1 Å². The summed E-state index contributed by atoms with van der Waals surface area (Å²) >= 11 is 6.13. The predicted octanol–water partition coefficient (Wildman–Crippen LogP) is 4.77. The molecule has 0 spiro atoms. The first kappa shape index (κ1) is 24.6. The van der Waals surface area contributed by atoms with E-state index in [9.17, 15) is 18.0 Å². The van der Waals surface area contributed by atoms with Crippen LogP contribution in [0.3, 0.4) is 0 Å². The number of rotatable bonds is 7. The van der Waals surface area contributed by atoms with E-state index in [0.717, 1.165) is 0 Å². The first-order chi connectivity index (χ1) is 16.7. The summed E-state index contributed by atoms with van der Waals surface area (Å²) in [4.78, 5) is 25.8. The smallest absolute Gasteiger partial charge is 0.267 e. The van der Waals surface area contributed by atoms with Gasteiger partial charge in [0.25, 0.3) is 10.0 Å². The van der Waals surface area contributed by atoms with E-state index in [1.54, 1.807) is 43.3 Å². The van der Waals surface area contributed by atoms with Crippen molar-refractivity contribution in [3.8, 4) is 17.2 Å². The molecular weight excluding hydrogens is 492 g/mol. The molecule has 3 aromatic carbocycles. The number of carbonyl (C=O) groups is 2. The van der Waals surface area contributed by atoms with E-state index >= 15 is 0 Å². The van der Waals surface area contributed by atoms with Crippen LogP contribution in [0.4, 0.5) is 5.69 Å². The highest BCUT2D eigenvalue weighted by Crippen LogP contribution is 2.34. The van der Waals surface area contributed by atoms with Crippen LogP contribution in [-0.4, -0.2) is 37.7 Å². The van der Waals surface area contributed by atoms with Crippen LogP contribution in [0.25, 0.3) is 0 Å². The van der Waals surface area contributed by atoms with Gasteiger partial charge in [-0.05, 0) is 67.4 Å². The maximum atomic E-state index is 13.4. The Labute approximate surface area is 208 Å². The summed E-state index contributed by atoms with van der Waals surface area (Å²) in [5, 5.41) is 3.04. The van der Waals surface area contributed by atoms with E-state index < -0.39 is 27.9 Å². The number of hydrogen-bond acceptors (Lipinski definition) is 6. The van der Waals surface area contributed by atoms with Crippen LogP contribution < -0.4 is 14.8 Å². The van der Waals surface area contributed by atoms with Crippen molar-refractivity contribution in [2.75, 3.05) is 12.4 Å². The highest BCUT2D eigenvalue weighted by atomic mass is 35.5. The van der Waals surface area contributed by atoms with Gasteiger partial charge in [0.05, 0.1) is 17.7 Å². The minimum atomic E-state index is -4.28. The minimum Gasteiger partial charge on any atom is -0.496 e. The molecule has 1 saturated heterocycles. The lowest BCUT2D eigenvalue weighted by molar-refractivity contribution is -0.128. The number of nitrogens with one attached hydrogen (secondary N) is 1. The molecule has 10 heteroatoms. The average Bonchev–Trinajstić information content (AvgIpc) is 3.24. The van der Waals surface area contributed by atoms with Crippen LogP contribution in [0.5, 0.6) is 17.2 Å². The van der Waals surface area contributed by atoms with Crippen molar-refractivity contribution >= 4 is 39.1 Å². The van der Waals surface area contributed by atoms with Gasteiger partial charge in [-0.3, -0.25) is 9.59 Å². The van der Waals surface area contributed by atoms with Gasteiger partial charge < -0.3 is 14.8 Å². The first-order valence-corrected chi connectivity index (χ1v) is 12.6. The Morgan fingerprint density at radius 1 is 1.06 bits per heavy atom. The van der Waals surface area contributed by atoms with Gasteiger partial charge in [-0.2, -0.15) is 0 Å². The molecule has 0 bridgehead atoms. The number of methoxy groups -OCH3 is 1. The molecule has 1 aliphatic heterocycles. The second-order valence-corrected chi connectivity index (χ2v) is 10.2. The highest BCUT2D eigenvalue weighted by Gasteiger charge is 2.44. The van der Waals surface area contributed by atoms with Gasteiger partial charge in [-0.15, -0.1) is 0 Å². The monoisotopic (exact) mass is 514 g/mol. The lowest BCUT2D eigenvalue weighted by Crippen LogP contribution is -2.45. The molecule has 0 aliphatic carbocycles. The standard InChI is InChI=1S/C25H23ClN2O6S/c1-16-14-19(9-12-22(16)33-2)35(31,32)28-21(10-13-24(28)29)25(30)27-20-15-17(26)8-11-23(20)34-18-6-4-3-5-7-18/h3-9,11-12,14-15,21H,10,13H2,1-2H3,(H,27,30)/t21-/m1/s1. The molecule has 8 nitrogen and oxygen atoms in total. The first-order valence-electron chi connectivity index (χ1n) is 10.8. The molecule has 0 saturated carbocycles. The molecule has 1 fully saturated rings. The summed E-state index contributed by atoms with van der Waals surface area (Å²) in [6, 6.07) is 16.7. The van der Waals surface area contributed by atoms with Crippen molar-refractivity contribution in [2.45, 2.75) is 30.7 Å². The van der Waals surface area contributed by atoms with E-state index in [-0.39, 0.29) is 23.4 Å². The Kier molecular flexibility index (Phi) is 7.00. The summed E-state index contributed by atoms with van der Waals surface area (Å²) < 4.78 is 38.4. The summed E-state index contributed by atoms with van der Waals surface area (Å²) in [6.45, 7) is 1.70. The van der Waals surface area contributed by atoms with Gasteiger partial charge in [0.1, 0.15) is 17.5 Å². The molecule has 1 atom stereocenters. The Hall–Kier alpha value is -3.56. The molecule has 3 aromatic rings. The molecule has 0 unspecified atom stereocenters. The summed E-state index contributed by atoms with van der Waals surface area (Å²) in [5.41, 5.74) is 0.839. The molecule has 4 rings (SSSR count). The SMILES string of the molecule is COc1ccc(S(=O)(=O)N2C(=O)CC[C@@H]2C(=O)Nc2cc(Cl)ccc2Oc2ccccc2)cc1C. The quantitative estimate of drug-likeness (QED) is 0.487. The number of ether oxygens (including phenoxy) is 2. The molecule has 1 N–H and O–H groups in total. The normalized spacial score (nSPS) is 15.7. The van der Waals surface area contributed by atoms with E-state index in [1.165, 1.54) is 31.4 Å². The number of benzene rings is 3. The molecule has 182 valence electrons. The van der Waals surface area contributed by atoms with Gasteiger partial charge >= 0.3 is 0 Å². The number of hydrogen-bond donors (Lipinski definition) is 1. The Morgan fingerprint density at radius 2 is 1.77 bits per heavy atom. The molecule has 1 aliphatic rings. The zero-order valence-electron chi connectivity index (χ0n) is 19.0. The third kappa shape index (κ3) is 5.11. The Bertz CT molecular complexity index is 1380. The molecule has 35 heavy (non-hydrogen) atoms.